The largest absolute Gasteiger partial charge is 0.456 e. The first kappa shape index (κ1) is 8.75. The molecule has 0 N–H and O–H groups in total. The van der Waals surface area contributed by atoms with Gasteiger partial charge < -0.3 is 4.74 Å². The average molecular weight is 185 g/mol. The molecule has 0 unspecified atom stereocenters. The molecule has 2 heteroatoms. The Morgan fingerprint density at radius 2 is 1.71 bits per heavy atom. The Morgan fingerprint density at radius 1 is 0.929 bits per heavy atom. The van der Waals surface area contributed by atoms with Crippen LogP contribution < -0.4 is 4.74 Å². The van der Waals surface area contributed by atoms with Gasteiger partial charge in [-0.2, -0.15) is 0 Å². The molecule has 0 bridgehead atoms. The number of ether oxygens (including phenoxy) is 1. The number of nitrogens with zero attached hydrogens (tertiary/aromatic N) is 1. The van der Waals surface area contributed by atoms with Crippen molar-refractivity contribution in [3.05, 3.63) is 54.4 Å². The van der Waals surface area contributed by atoms with Gasteiger partial charge in [-0.05, 0) is 31.2 Å². The Balaban J connectivity index is 2.16. The predicted molar refractivity (Wildman–Crippen MR) is 55.5 cm³/mol. The van der Waals surface area contributed by atoms with Crippen LogP contribution in [0.4, 0.5) is 0 Å². The molecule has 1 aromatic carbocycles. The van der Waals surface area contributed by atoms with Gasteiger partial charge in [-0.3, -0.25) is 4.98 Å². The molecule has 0 amide bonds. The summed E-state index contributed by atoms with van der Waals surface area (Å²) in [6, 6.07) is 13.5. The fourth-order valence-corrected chi connectivity index (χ4v) is 1.14. The van der Waals surface area contributed by atoms with Crippen LogP contribution in [0.2, 0.25) is 0 Å². The molecule has 0 aliphatic carbocycles. The minimum absolute atomic E-state index is 0.766. The lowest BCUT2D eigenvalue weighted by atomic mass is 10.3. The van der Waals surface area contributed by atoms with Crippen LogP contribution in [0.1, 0.15) is 5.69 Å². The highest BCUT2D eigenvalue weighted by atomic mass is 16.5. The molecule has 0 saturated carbocycles. The van der Waals surface area contributed by atoms with Gasteiger partial charge in [-0.1, -0.05) is 18.2 Å². The summed E-state index contributed by atoms with van der Waals surface area (Å²) in [6.07, 6.45) is 1.72. The van der Waals surface area contributed by atoms with Crippen molar-refractivity contribution in [1.29, 1.82) is 0 Å². The molecular weight excluding hydrogens is 174 g/mol. The van der Waals surface area contributed by atoms with E-state index in [1.165, 1.54) is 0 Å². The van der Waals surface area contributed by atoms with Crippen molar-refractivity contribution in [2.45, 2.75) is 6.92 Å². The van der Waals surface area contributed by atoms with Gasteiger partial charge in [0, 0.05) is 5.69 Å². The molecule has 2 aromatic rings. The number of benzene rings is 1. The van der Waals surface area contributed by atoms with E-state index in [4.69, 9.17) is 4.74 Å². The zero-order chi connectivity index (χ0) is 9.80. The maximum absolute atomic E-state index is 5.57. The van der Waals surface area contributed by atoms with Crippen molar-refractivity contribution >= 4 is 0 Å². The normalized spacial score (nSPS) is 9.79. The molecule has 14 heavy (non-hydrogen) atoms. The smallest absolute Gasteiger partial charge is 0.145 e. The Labute approximate surface area is 83.2 Å². The third kappa shape index (κ3) is 2.10. The lowest BCUT2D eigenvalue weighted by Gasteiger charge is -2.04. The molecule has 0 atom stereocenters. The molecule has 0 saturated heterocycles. The van der Waals surface area contributed by atoms with E-state index in [1.807, 2.05) is 49.4 Å². The predicted octanol–water partition coefficient (Wildman–Crippen LogP) is 3.18. The highest BCUT2D eigenvalue weighted by Crippen LogP contribution is 2.19. The van der Waals surface area contributed by atoms with E-state index in [1.54, 1.807) is 6.20 Å². The number of hydrogen-bond donors (Lipinski definition) is 0. The van der Waals surface area contributed by atoms with Crippen LogP contribution in [0.5, 0.6) is 11.5 Å². The Hall–Kier alpha value is -1.83. The third-order valence-corrected chi connectivity index (χ3v) is 1.86. The van der Waals surface area contributed by atoms with Gasteiger partial charge in [0.25, 0.3) is 0 Å². The fraction of sp³-hybridized carbons (Fsp3) is 0.0833. The van der Waals surface area contributed by atoms with Crippen molar-refractivity contribution < 1.29 is 4.74 Å². The molecule has 0 radical (unpaired) electrons. The number of aryl methyl sites for hydroxylation is 1. The maximum Gasteiger partial charge on any atom is 0.145 e. The number of pyridine rings is 1. The molecule has 0 fully saturated rings. The molecule has 0 aliphatic rings. The SMILES string of the molecule is Cc1ccc(Oc2ccccc2)cn1. The summed E-state index contributed by atoms with van der Waals surface area (Å²) in [4.78, 5) is 4.15. The maximum atomic E-state index is 5.57. The van der Waals surface area contributed by atoms with Crippen molar-refractivity contribution in [3.63, 3.8) is 0 Å². The molecule has 1 heterocycles. The van der Waals surface area contributed by atoms with E-state index in [-0.39, 0.29) is 0 Å². The van der Waals surface area contributed by atoms with E-state index >= 15 is 0 Å². The molecule has 2 nitrogen and oxygen atoms in total. The summed E-state index contributed by atoms with van der Waals surface area (Å²) in [5.41, 5.74) is 0.991. The van der Waals surface area contributed by atoms with Gasteiger partial charge in [0.15, 0.2) is 0 Å². The topological polar surface area (TPSA) is 22.1 Å². The van der Waals surface area contributed by atoms with Crippen LogP contribution in [0.15, 0.2) is 48.7 Å². The Kier molecular flexibility index (Phi) is 2.45. The minimum atomic E-state index is 0.766. The Morgan fingerprint density at radius 3 is 2.36 bits per heavy atom. The first-order valence-electron chi connectivity index (χ1n) is 4.50. The van der Waals surface area contributed by atoms with Crippen molar-refractivity contribution in [2.24, 2.45) is 0 Å². The zero-order valence-electron chi connectivity index (χ0n) is 7.97. The van der Waals surface area contributed by atoms with Crippen LogP contribution in [0.25, 0.3) is 0 Å². The average Bonchev–Trinajstić information content (AvgIpc) is 2.23. The number of hydrogen-bond acceptors (Lipinski definition) is 2. The summed E-state index contributed by atoms with van der Waals surface area (Å²) in [6.45, 7) is 1.95. The molecule has 1 aromatic heterocycles. The number of aromatic nitrogens is 1. The fourth-order valence-electron chi connectivity index (χ4n) is 1.14. The van der Waals surface area contributed by atoms with Gasteiger partial charge in [0.05, 0.1) is 6.20 Å². The van der Waals surface area contributed by atoms with E-state index in [0.29, 0.717) is 0 Å². The van der Waals surface area contributed by atoms with Gasteiger partial charge in [0.1, 0.15) is 11.5 Å². The summed E-state index contributed by atoms with van der Waals surface area (Å²) < 4.78 is 5.57. The quantitative estimate of drug-likeness (QED) is 0.716. The number of para-hydroxylation sites is 1. The van der Waals surface area contributed by atoms with Gasteiger partial charge in [0.2, 0.25) is 0 Å². The summed E-state index contributed by atoms with van der Waals surface area (Å²) in [5, 5.41) is 0. The van der Waals surface area contributed by atoms with Gasteiger partial charge in [-0.25, -0.2) is 0 Å². The lowest BCUT2D eigenvalue weighted by Crippen LogP contribution is -1.85. The second kappa shape index (κ2) is 3.92. The molecule has 2 rings (SSSR count). The molecule has 70 valence electrons. The van der Waals surface area contributed by atoms with Crippen molar-refractivity contribution in [2.75, 3.05) is 0 Å². The summed E-state index contributed by atoms with van der Waals surface area (Å²) in [5.74, 6) is 1.60. The molecule has 0 spiro atoms. The molecule has 0 aliphatic heterocycles. The van der Waals surface area contributed by atoms with Crippen LogP contribution >= 0.6 is 0 Å². The van der Waals surface area contributed by atoms with Crippen LogP contribution in [0, 0.1) is 6.92 Å². The zero-order valence-corrected chi connectivity index (χ0v) is 7.97. The van der Waals surface area contributed by atoms with E-state index in [2.05, 4.69) is 4.98 Å². The Bertz CT molecular complexity index is 394. The highest BCUT2D eigenvalue weighted by molar-refractivity contribution is 5.29. The second-order valence-electron chi connectivity index (χ2n) is 3.05. The monoisotopic (exact) mass is 185 g/mol. The number of rotatable bonds is 2. The summed E-state index contributed by atoms with van der Waals surface area (Å²) >= 11 is 0. The van der Waals surface area contributed by atoms with Crippen LogP contribution in [-0.2, 0) is 0 Å². The first-order valence-corrected chi connectivity index (χ1v) is 4.50. The summed E-state index contributed by atoms with van der Waals surface area (Å²) in [7, 11) is 0. The third-order valence-electron chi connectivity index (χ3n) is 1.86. The first-order chi connectivity index (χ1) is 6.84. The highest BCUT2D eigenvalue weighted by Gasteiger charge is 1.95. The van der Waals surface area contributed by atoms with E-state index < -0.39 is 0 Å². The van der Waals surface area contributed by atoms with Gasteiger partial charge >= 0.3 is 0 Å². The van der Waals surface area contributed by atoms with Gasteiger partial charge in [-0.15, -0.1) is 0 Å². The molecular formula is C12H11NO. The van der Waals surface area contributed by atoms with Crippen LogP contribution in [0.3, 0.4) is 0 Å². The van der Waals surface area contributed by atoms with E-state index in [0.717, 1.165) is 17.2 Å². The lowest BCUT2D eigenvalue weighted by molar-refractivity contribution is 0.480. The minimum Gasteiger partial charge on any atom is -0.456 e. The van der Waals surface area contributed by atoms with Crippen molar-refractivity contribution in [3.8, 4) is 11.5 Å². The standard InChI is InChI=1S/C12H11NO/c1-10-7-8-12(9-13-10)14-11-5-3-2-4-6-11/h2-9H,1H3. The second-order valence-corrected chi connectivity index (χ2v) is 3.05. The van der Waals surface area contributed by atoms with Crippen molar-refractivity contribution in [1.82, 2.24) is 4.98 Å². The van der Waals surface area contributed by atoms with Crippen LogP contribution in [-0.4, -0.2) is 4.98 Å². The van der Waals surface area contributed by atoms with E-state index in [9.17, 15) is 0 Å².